The molecule has 2 fully saturated rings. The van der Waals surface area contributed by atoms with Gasteiger partial charge < -0.3 is 0 Å². The topological polar surface area (TPSA) is 37.4 Å². The van der Waals surface area contributed by atoms with Crippen LogP contribution in [0.2, 0.25) is 0 Å². The second-order valence-corrected chi connectivity index (χ2v) is 6.40. The summed E-state index contributed by atoms with van der Waals surface area (Å²) in [6.45, 7) is 0. The van der Waals surface area contributed by atoms with Gasteiger partial charge in [0.25, 0.3) is 0 Å². The van der Waals surface area contributed by atoms with Crippen LogP contribution in [0.25, 0.3) is 0 Å². The number of amides is 2. The third-order valence-corrected chi connectivity index (χ3v) is 5.21. The van der Waals surface area contributed by atoms with Crippen LogP contribution in [-0.2, 0) is 15.8 Å². The van der Waals surface area contributed by atoms with E-state index in [1.54, 1.807) is 0 Å². The molecule has 2 unspecified atom stereocenters. The van der Waals surface area contributed by atoms with Gasteiger partial charge in [-0.1, -0.05) is 12.2 Å². The van der Waals surface area contributed by atoms with E-state index in [1.165, 1.54) is 12.1 Å². The maximum Gasteiger partial charge on any atom is 0.416 e. The average Bonchev–Trinajstić information content (AvgIpc) is 2.81. The lowest BCUT2D eigenvalue weighted by molar-refractivity contribution is -0.137. The molecule has 23 heavy (non-hydrogen) atoms. The molecule has 120 valence electrons. The Kier molecular flexibility index (Phi) is 2.95. The van der Waals surface area contributed by atoms with Crippen molar-refractivity contribution in [1.29, 1.82) is 0 Å². The smallest absolute Gasteiger partial charge is 0.274 e. The lowest BCUT2D eigenvalue weighted by Gasteiger charge is -2.38. The zero-order valence-corrected chi connectivity index (χ0v) is 12.1. The Morgan fingerprint density at radius 1 is 0.870 bits per heavy atom. The molecule has 1 aliphatic heterocycles. The monoisotopic (exact) mass is 321 g/mol. The van der Waals surface area contributed by atoms with Gasteiger partial charge >= 0.3 is 6.18 Å². The van der Waals surface area contributed by atoms with Crippen molar-refractivity contribution in [3.8, 4) is 0 Å². The minimum Gasteiger partial charge on any atom is -0.274 e. The van der Waals surface area contributed by atoms with Gasteiger partial charge in [0.05, 0.1) is 23.1 Å². The van der Waals surface area contributed by atoms with Crippen LogP contribution in [0.3, 0.4) is 0 Å². The predicted octanol–water partition coefficient (Wildman–Crippen LogP) is 3.41. The number of allylic oxidation sites excluding steroid dienone is 2. The van der Waals surface area contributed by atoms with Gasteiger partial charge in [-0.25, -0.2) is 0 Å². The van der Waals surface area contributed by atoms with E-state index in [0.29, 0.717) is 0 Å². The molecule has 2 bridgehead atoms. The van der Waals surface area contributed by atoms with Gasteiger partial charge in [-0.3, -0.25) is 14.5 Å². The fourth-order valence-corrected chi connectivity index (χ4v) is 4.13. The molecular weight excluding hydrogens is 307 g/mol. The summed E-state index contributed by atoms with van der Waals surface area (Å²) >= 11 is 0. The Morgan fingerprint density at radius 3 is 1.74 bits per heavy atom. The van der Waals surface area contributed by atoms with Crippen LogP contribution in [0.1, 0.15) is 18.4 Å². The van der Waals surface area contributed by atoms with Gasteiger partial charge in [0.1, 0.15) is 0 Å². The molecule has 1 aromatic carbocycles. The van der Waals surface area contributed by atoms with Crippen LogP contribution in [0, 0.1) is 23.7 Å². The fraction of sp³-hybridized carbons (Fsp3) is 0.412. The maximum atomic E-state index is 12.7. The number of alkyl halides is 3. The summed E-state index contributed by atoms with van der Waals surface area (Å²) in [5.74, 6) is -1.12. The first-order valence-corrected chi connectivity index (χ1v) is 7.61. The SMILES string of the molecule is O=C1[C@@H]2C3C=CC(CC3)[C@@H]2C(=O)N1c1ccc(C(F)(F)F)cc1. The van der Waals surface area contributed by atoms with Crippen molar-refractivity contribution in [2.75, 3.05) is 4.90 Å². The highest BCUT2D eigenvalue weighted by molar-refractivity contribution is 6.22. The van der Waals surface area contributed by atoms with Crippen molar-refractivity contribution in [3.63, 3.8) is 0 Å². The molecule has 1 saturated heterocycles. The van der Waals surface area contributed by atoms with Crippen molar-refractivity contribution in [2.24, 2.45) is 23.7 Å². The Hall–Kier alpha value is -2.11. The standard InChI is InChI=1S/C17H14F3NO2/c18-17(19,20)11-5-7-12(8-6-11)21-15(22)13-9-1-2-10(4-3-9)14(13)16(21)23/h1-2,5-10,13-14H,3-4H2/t9?,10?,13-,14+. The summed E-state index contributed by atoms with van der Waals surface area (Å²) in [7, 11) is 0. The van der Waals surface area contributed by atoms with Crippen molar-refractivity contribution in [2.45, 2.75) is 19.0 Å². The van der Waals surface area contributed by atoms with Crippen molar-refractivity contribution in [1.82, 2.24) is 0 Å². The lowest BCUT2D eigenvalue weighted by Crippen LogP contribution is -2.38. The van der Waals surface area contributed by atoms with E-state index in [0.717, 1.165) is 29.9 Å². The Labute approximate surface area is 130 Å². The third kappa shape index (κ3) is 2.04. The molecule has 3 nitrogen and oxygen atoms in total. The molecule has 1 saturated carbocycles. The van der Waals surface area contributed by atoms with Crippen LogP contribution in [0.5, 0.6) is 0 Å². The Morgan fingerprint density at radius 2 is 1.35 bits per heavy atom. The number of carbonyl (C=O) groups is 2. The molecule has 4 aliphatic rings. The third-order valence-electron chi connectivity index (χ3n) is 5.21. The molecule has 5 rings (SSSR count). The molecule has 6 heteroatoms. The maximum absolute atomic E-state index is 12.7. The van der Waals surface area contributed by atoms with Crippen molar-refractivity contribution >= 4 is 17.5 Å². The number of benzene rings is 1. The van der Waals surface area contributed by atoms with Gasteiger partial charge in [-0.15, -0.1) is 0 Å². The van der Waals surface area contributed by atoms with Crippen LogP contribution < -0.4 is 4.90 Å². The van der Waals surface area contributed by atoms with Crippen molar-refractivity contribution < 1.29 is 22.8 Å². The van der Waals surface area contributed by atoms with Crippen LogP contribution in [0.15, 0.2) is 36.4 Å². The summed E-state index contributed by atoms with van der Waals surface area (Å²) < 4.78 is 37.9. The number of anilines is 1. The molecule has 0 N–H and O–H groups in total. The van der Waals surface area contributed by atoms with Crippen LogP contribution in [-0.4, -0.2) is 11.8 Å². The second-order valence-electron chi connectivity index (χ2n) is 6.40. The summed E-state index contributed by atoms with van der Waals surface area (Å²) in [4.78, 5) is 26.4. The summed E-state index contributed by atoms with van der Waals surface area (Å²) in [5.41, 5.74) is -0.568. The zero-order valence-electron chi connectivity index (χ0n) is 12.1. The number of halogens is 3. The van der Waals surface area contributed by atoms with Gasteiger partial charge in [-0.05, 0) is 48.9 Å². The molecule has 1 heterocycles. The lowest BCUT2D eigenvalue weighted by atomic mass is 9.63. The highest BCUT2D eigenvalue weighted by Crippen LogP contribution is 2.50. The average molecular weight is 321 g/mol. The summed E-state index contributed by atoms with van der Waals surface area (Å²) in [5, 5.41) is 0. The van der Waals surface area contributed by atoms with E-state index in [2.05, 4.69) is 0 Å². The molecule has 4 atom stereocenters. The molecular formula is C17H14F3NO2. The minimum absolute atomic E-state index is 0.0703. The highest BCUT2D eigenvalue weighted by atomic mass is 19.4. The first kappa shape index (κ1) is 14.5. The van der Waals surface area contributed by atoms with E-state index in [1.807, 2.05) is 12.2 Å². The fourth-order valence-electron chi connectivity index (χ4n) is 4.13. The van der Waals surface area contributed by atoms with Crippen LogP contribution >= 0.6 is 0 Å². The molecule has 3 aliphatic carbocycles. The molecule has 0 aromatic heterocycles. The number of nitrogens with zero attached hydrogens (tertiary/aromatic N) is 1. The number of hydrogen-bond donors (Lipinski definition) is 0. The molecule has 0 radical (unpaired) electrons. The van der Waals surface area contributed by atoms with Crippen LogP contribution in [0.4, 0.5) is 18.9 Å². The van der Waals surface area contributed by atoms with Gasteiger partial charge in [0.2, 0.25) is 11.8 Å². The van der Waals surface area contributed by atoms with Gasteiger partial charge in [0.15, 0.2) is 0 Å². The molecule has 0 spiro atoms. The van der Waals surface area contributed by atoms with E-state index >= 15 is 0 Å². The Balaban J connectivity index is 1.68. The number of imide groups is 1. The largest absolute Gasteiger partial charge is 0.416 e. The summed E-state index contributed by atoms with van der Waals surface area (Å²) in [6, 6.07) is 4.21. The Bertz CT molecular complexity index is 676. The van der Waals surface area contributed by atoms with Gasteiger partial charge in [-0.2, -0.15) is 13.2 Å². The van der Waals surface area contributed by atoms with Crippen molar-refractivity contribution in [3.05, 3.63) is 42.0 Å². The number of rotatable bonds is 1. The van der Waals surface area contributed by atoms with E-state index in [9.17, 15) is 22.8 Å². The highest BCUT2D eigenvalue weighted by Gasteiger charge is 2.56. The number of hydrogen-bond acceptors (Lipinski definition) is 2. The van der Waals surface area contributed by atoms with E-state index in [-0.39, 0.29) is 41.2 Å². The second kappa shape index (κ2) is 4.69. The number of fused-ring (bicyclic) bond motifs is 1. The number of carbonyl (C=O) groups excluding carboxylic acids is 2. The molecule has 2 amide bonds. The van der Waals surface area contributed by atoms with Gasteiger partial charge in [0, 0.05) is 0 Å². The quantitative estimate of drug-likeness (QED) is 0.587. The normalized spacial score (nSPS) is 32.6. The van der Waals surface area contributed by atoms with E-state index in [4.69, 9.17) is 0 Å². The summed E-state index contributed by atoms with van der Waals surface area (Å²) in [6.07, 6.45) is 1.37. The first-order valence-electron chi connectivity index (χ1n) is 7.61. The van der Waals surface area contributed by atoms with E-state index < -0.39 is 11.7 Å². The zero-order chi connectivity index (χ0) is 16.4. The predicted molar refractivity (Wildman–Crippen MR) is 76.3 cm³/mol. The molecule has 1 aromatic rings. The minimum atomic E-state index is -4.44. The first-order chi connectivity index (χ1) is 10.9.